The minimum Gasteiger partial charge on any atom is -0.478 e. The standard InChI is InChI=1S/C27H28F3N3O6S2/c1-31(2)22-11-12-25(24(18-22)27(28,29)30)41(38,39)33(20-8-4-3-5-9-20)21-13-15-32(16-14-21)40(36,37)23-10-6-7-19(17-23)26(34)35/h3-12,17-18,21H,13-16H2,1-2H3,(H,34,35). The SMILES string of the molecule is CN(C)c1ccc(S(=O)(=O)N(c2ccccc2)C2CCN(S(=O)(=O)c3cccc(C(=O)O)c3)CC2)c(C(F)(F)F)c1. The Balaban J connectivity index is 1.71. The lowest BCUT2D eigenvalue weighted by Gasteiger charge is -2.38. The number of hydrogen-bond acceptors (Lipinski definition) is 6. The van der Waals surface area contributed by atoms with Crippen LogP contribution in [0.1, 0.15) is 28.8 Å². The molecule has 0 aliphatic carbocycles. The zero-order chi connectivity index (χ0) is 30.2. The molecule has 4 rings (SSSR count). The van der Waals surface area contributed by atoms with Crippen LogP contribution in [0.4, 0.5) is 24.5 Å². The topological polar surface area (TPSA) is 115 Å². The Hall–Kier alpha value is -3.62. The van der Waals surface area contributed by atoms with Crippen molar-refractivity contribution in [2.75, 3.05) is 36.4 Å². The van der Waals surface area contributed by atoms with Gasteiger partial charge in [-0.05, 0) is 61.4 Å². The highest BCUT2D eigenvalue weighted by Gasteiger charge is 2.43. The Morgan fingerprint density at radius 1 is 0.878 bits per heavy atom. The molecule has 0 radical (unpaired) electrons. The molecule has 1 saturated heterocycles. The number of rotatable bonds is 8. The van der Waals surface area contributed by atoms with Crippen molar-refractivity contribution < 1.29 is 39.9 Å². The molecule has 0 saturated carbocycles. The van der Waals surface area contributed by atoms with Gasteiger partial charge in [-0.15, -0.1) is 0 Å². The highest BCUT2D eigenvalue weighted by atomic mass is 32.2. The van der Waals surface area contributed by atoms with Crippen LogP contribution in [-0.4, -0.2) is 65.4 Å². The largest absolute Gasteiger partial charge is 0.478 e. The minimum atomic E-state index is -4.96. The van der Waals surface area contributed by atoms with Crippen molar-refractivity contribution in [3.05, 3.63) is 83.9 Å². The lowest BCUT2D eigenvalue weighted by Crippen LogP contribution is -2.49. The second kappa shape index (κ2) is 11.3. The van der Waals surface area contributed by atoms with Crippen molar-refractivity contribution >= 4 is 37.4 Å². The third-order valence-electron chi connectivity index (χ3n) is 6.81. The highest BCUT2D eigenvalue weighted by molar-refractivity contribution is 7.93. The van der Waals surface area contributed by atoms with Gasteiger partial charge in [0.05, 0.1) is 26.6 Å². The number of sulfonamides is 2. The number of nitrogens with zero attached hydrogens (tertiary/aromatic N) is 3. The predicted molar refractivity (Wildman–Crippen MR) is 147 cm³/mol. The number of carboxylic acids is 1. The summed E-state index contributed by atoms with van der Waals surface area (Å²) in [7, 11) is -5.80. The second-order valence-corrected chi connectivity index (χ2v) is 13.4. The van der Waals surface area contributed by atoms with Gasteiger partial charge in [-0.2, -0.15) is 17.5 Å². The normalized spacial score (nSPS) is 15.4. The minimum absolute atomic E-state index is 0.0108. The average molecular weight is 612 g/mol. The van der Waals surface area contributed by atoms with Crippen molar-refractivity contribution in [2.24, 2.45) is 0 Å². The monoisotopic (exact) mass is 611 g/mol. The molecule has 0 aromatic heterocycles. The fourth-order valence-electron chi connectivity index (χ4n) is 4.73. The molecule has 3 aromatic rings. The molecule has 1 heterocycles. The van der Waals surface area contributed by atoms with E-state index >= 15 is 0 Å². The quantitative estimate of drug-likeness (QED) is 0.398. The first-order valence-corrected chi connectivity index (χ1v) is 15.3. The molecule has 0 bridgehead atoms. The third kappa shape index (κ3) is 6.19. The smallest absolute Gasteiger partial charge is 0.417 e. The lowest BCUT2D eigenvalue weighted by atomic mass is 10.1. The summed E-state index contributed by atoms with van der Waals surface area (Å²) in [5.74, 6) is -1.29. The maximum atomic E-state index is 14.1. The fourth-order valence-corrected chi connectivity index (χ4v) is 8.15. The molecule has 9 nitrogen and oxygen atoms in total. The van der Waals surface area contributed by atoms with Gasteiger partial charge in [-0.3, -0.25) is 4.31 Å². The van der Waals surface area contributed by atoms with E-state index in [1.54, 1.807) is 32.3 Å². The molecular weight excluding hydrogens is 583 g/mol. The molecule has 14 heteroatoms. The number of halogens is 3. The molecule has 1 aliphatic heterocycles. The van der Waals surface area contributed by atoms with Gasteiger partial charge in [0.1, 0.15) is 0 Å². The molecule has 1 aliphatic rings. The molecule has 1 N–H and O–H groups in total. The summed E-state index contributed by atoms with van der Waals surface area (Å²) in [4.78, 5) is 11.6. The fraction of sp³-hybridized carbons (Fsp3) is 0.296. The van der Waals surface area contributed by atoms with E-state index in [0.29, 0.717) is 0 Å². The maximum Gasteiger partial charge on any atom is 0.417 e. The van der Waals surface area contributed by atoms with Gasteiger partial charge in [0, 0.05) is 38.9 Å². The molecular formula is C27H28F3N3O6S2. The summed E-state index contributed by atoms with van der Waals surface area (Å²) in [5.41, 5.74) is -1.19. The number of anilines is 2. The summed E-state index contributed by atoms with van der Waals surface area (Å²) in [6, 6.07) is 14.8. The van der Waals surface area contributed by atoms with Gasteiger partial charge in [0.15, 0.2) is 0 Å². The zero-order valence-electron chi connectivity index (χ0n) is 22.1. The number of piperidine rings is 1. The number of alkyl halides is 3. The van der Waals surface area contributed by atoms with Gasteiger partial charge in [-0.25, -0.2) is 21.6 Å². The Morgan fingerprint density at radius 2 is 1.51 bits per heavy atom. The Labute approximate surface area is 236 Å². The molecule has 41 heavy (non-hydrogen) atoms. The van der Waals surface area contributed by atoms with Gasteiger partial charge >= 0.3 is 12.1 Å². The molecule has 0 amide bonds. The van der Waals surface area contributed by atoms with E-state index in [0.717, 1.165) is 26.8 Å². The first kappa shape index (κ1) is 30.3. The van der Waals surface area contributed by atoms with Crippen LogP contribution in [0.5, 0.6) is 0 Å². The predicted octanol–water partition coefficient (Wildman–Crippen LogP) is 4.52. The first-order valence-electron chi connectivity index (χ1n) is 12.5. The van der Waals surface area contributed by atoms with Crippen LogP contribution in [0.2, 0.25) is 0 Å². The molecule has 220 valence electrons. The Morgan fingerprint density at radius 3 is 2.07 bits per heavy atom. The third-order valence-corrected chi connectivity index (χ3v) is 10.6. The number of para-hydroxylation sites is 1. The van der Waals surface area contributed by atoms with Gasteiger partial charge < -0.3 is 10.0 Å². The molecule has 0 unspecified atom stereocenters. The number of hydrogen-bond donors (Lipinski definition) is 1. The number of benzene rings is 3. The van der Waals surface area contributed by atoms with E-state index in [1.165, 1.54) is 41.3 Å². The summed E-state index contributed by atoms with van der Waals surface area (Å²) in [6.45, 7) is -0.260. The van der Waals surface area contributed by atoms with Crippen LogP contribution in [0.15, 0.2) is 82.6 Å². The van der Waals surface area contributed by atoms with Crippen molar-refractivity contribution in [1.29, 1.82) is 0 Å². The van der Waals surface area contributed by atoms with Crippen molar-refractivity contribution in [1.82, 2.24) is 4.31 Å². The lowest BCUT2D eigenvalue weighted by molar-refractivity contribution is -0.139. The van der Waals surface area contributed by atoms with Crippen LogP contribution in [0.25, 0.3) is 0 Å². The molecule has 0 spiro atoms. The first-order chi connectivity index (χ1) is 19.1. The Bertz CT molecular complexity index is 1640. The highest BCUT2D eigenvalue weighted by Crippen LogP contribution is 2.40. The zero-order valence-corrected chi connectivity index (χ0v) is 23.7. The van der Waals surface area contributed by atoms with Crippen LogP contribution in [-0.2, 0) is 26.2 Å². The van der Waals surface area contributed by atoms with Crippen LogP contribution in [0, 0.1) is 0 Å². The number of aromatic carboxylic acids is 1. The number of carboxylic acid groups (broad SMARTS) is 1. The molecule has 1 fully saturated rings. The van der Waals surface area contributed by atoms with E-state index in [4.69, 9.17) is 0 Å². The van der Waals surface area contributed by atoms with Gasteiger partial charge in [0.25, 0.3) is 10.0 Å². The van der Waals surface area contributed by atoms with E-state index in [2.05, 4.69) is 0 Å². The summed E-state index contributed by atoms with van der Waals surface area (Å²) >= 11 is 0. The van der Waals surface area contributed by atoms with Crippen LogP contribution < -0.4 is 9.21 Å². The van der Waals surface area contributed by atoms with E-state index in [1.807, 2.05) is 0 Å². The molecule has 3 aromatic carbocycles. The summed E-state index contributed by atoms with van der Waals surface area (Å²) < 4.78 is 99.0. The summed E-state index contributed by atoms with van der Waals surface area (Å²) in [5, 5.41) is 9.23. The van der Waals surface area contributed by atoms with E-state index < -0.39 is 48.7 Å². The summed E-state index contributed by atoms with van der Waals surface area (Å²) in [6.07, 6.45) is -4.98. The van der Waals surface area contributed by atoms with Gasteiger partial charge in [0.2, 0.25) is 10.0 Å². The van der Waals surface area contributed by atoms with Crippen molar-refractivity contribution in [2.45, 2.75) is 34.9 Å². The van der Waals surface area contributed by atoms with Crippen LogP contribution in [0.3, 0.4) is 0 Å². The van der Waals surface area contributed by atoms with E-state index in [9.17, 15) is 39.9 Å². The van der Waals surface area contributed by atoms with Crippen molar-refractivity contribution in [3.8, 4) is 0 Å². The Kier molecular flexibility index (Phi) is 8.39. The maximum absolute atomic E-state index is 14.1. The van der Waals surface area contributed by atoms with E-state index in [-0.39, 0.29) is 47.8 Å². The average Bonchev–Trinajstić information content (AvgIpc) is 2.93. The van der Waals surface area contributed by atoms with Crippen molar-refractivity contribution in [3.63, 3.8) is 0 Å². The number of carbonyl (C=O) groups is 1. The van der Waals surface area contributed by atoms with Gasteiger partial charge in [-0.1, -0.05) is 24.3 Å². The second-order valence-electron chi connectivity index (χ2n) is 9.68. The molecule has 0 atom stereocenters. The van der Waals surface area contributed by atoms with Crippen LogP contribution >= 0.6 is 0 Å².